The third kappa shape index (κ3) is 3.91. The number of hydrogen-bond acceptors (Lipinski definition) is 4. The first-order valence-electron chi connectivity index (χ1n) is 7.97. The van der Waals surface area contributed by atoms with Gasteiger partial charge in [-0.15, -0.1) is 11.3 Å². The zero-order valence-electron chi connectivity index (χ0n) is 14.2. The third-order valence-electron chi connectivity index (χ3n) is 3.80. The van der Waals surface area contributed by atoms with Crippen LogP contribution in [0.2, 0.25) is 0 Å². The molecule has 0 unspecified atom stereocenters. The molecule has 126 valence electrons. The molecule has 6 nitrogen and oxygen atoms in total. The number of nitrogens with zero attached hydrogens (tertiary/aromatic N) is 3. The molecule has 0 atom stereocenters. The van der Waals surface area contributed by atoms with Crippen LogP contribution < -0.4 is 10.6 Å². The van der Waals surface area contributed by atoms with Gasteiger partial charge in [0.1, 0.15) is 10.8 Å². The summed E-state index contributed by atoms with van der Waals surface area (Å²) in [5.41, 5.74) is 3.18. The summed E-state index contributed by atoms with van der Waals surface area (Å²) in [4.78, 5) is 17.9. The van der Waals surface area contributed by atoms with Crippen molar-refractivity contribution < 1.29 is 0 Å². The lowest BCUT2D eigenvalue weighted by Gasteiger charge is -2.10. The maximum absolute atomic E-state index is 4.58. The van der Waals surface area contributed by atoms with Gasteiger partial charge in [0.15, 0.2) is 5.96 Å². The summed E-state index contributed by atoms with van der Waals surface area (Å²) in [5.74, 6) is 1.75. The Morgan fingerprint density at radius 2 is 2.04 bits per heavy atom. The first kappa shape index (κ1) is 16.4. The normalized spacial score (nSPS) is 11.9. The zero-order valence-corrected chi connectivity index (χ0v) is 15.0. The molecule has 3 aromatic rings. The average molecular weight is 342 g/mol. The highest BCUT2D eigenvalue weighted by Crippen LogP contribution is 2.15. The highest BCUT2D eigenvalue weighted by molar-refractivity contribution is 7.11. The predicted octanol–water partition coefficient (Wildman–Crippen LogP) is 2.54. The second-order valence-electron chi connectivity index (χ2n) is 5.55. The molecular weight excluding hydrogens is 320 g/mol. The number of hydrogen-bond donors (Lipinski definition) is 3. The van der Waals surface area contributed by atoms with Crippen LogP contribution in [0, 0.1) is 13.8 Å². The SMILES string of the molecule is CN=C(NCCc1nc2ccccc2[nH]1)NCc1nc(C)c(C)s1. The molecule has 0 bridgehead atoms. The van der Waals surface area contributed by atoms with Crippen molar-refractivity contribution in [3.63, 3.8) is 0 Å². The molecule has 7 heteroatoms. The van der Waals surface area contributed by atoms with Gasteiger partial charge < -0.3 is 15.6 Å². The van der Waals surface area contributed by atoms with Crippen molar-refractivity contribution in [2.75, 3.05) is 13.6 Å². The van der Waals surface area contributed by atoms with Crippen molar-refractivity contribution in [3.05, 3.63) is 45.7 Å². The Kier molecular flexibility index (Phi) is 5.10. The van der Waals surface area contributed by atoms with Crippen molar-refractivity contribution >= 4 is 28.3 Å². The van der Waals surface area contributed by atoms with Crippen LogP contribution in [-0.2, 0) is 13.0 Å². The molecule has 0 amide bonds. The molecule has 0 fully saturated rings. The Balaban J connectivity index is 1.49. The second-order valence-corrected chi connectivity index (χ2v) is 6.84. The minimum absolute atomic E-state index is 0.684. The van der Waals surface area contributed by atoms with Crippen LogP contribution in [-0.4, -0.2) is 34.5 Å². The van der Waals surface area contributed by atoms with Crippen molar-refractivity contribution in [2.24, 2.45) is 4.99 Å². The molecule has 0 saturated carbocycles. The quantitative estimate of drug-likeness (QED) is 0.492. The predicted molar refractivity (Wildman–Crippen MR) is 99.6 cm³/mol. The number of nitrogens with one attached hydrogen (secondary N) is 3. The first-order valence-corrected chi connectivity index (χ1v) is 8.78. The van der Waals surface area contributed by atoms with Crippen LogP contribution in [0.4, 0.5) is 0 Å². The molecule has 0 aliphatic carbocycles. The number of aliphatic imine (C=N–C) groups is 1. The van der Waals surface area contributed by atoms with Gasteiger partial charge in [-0.3, -0.25) is 4.99 Å². The van der Waals surface area contributed by atoms with E-state index >= 15 is 0 Å². The summed E-state index contributed by atoms with van der Waals surface area (Å²) >= 11 is 1.72. The van der Waals surface area contributed by atoms with Gasteiger partial charge in [0.2, 0.25) is 0 Å². The number of benzene rings is 1. The fourth-order valence-electron chi connectivity index (χ4n) is 2.42. The number of fused-ring (bicyclic) bond motifs is 1. The Bertz CT molecular complexity index is 795. The number of guanidine groups is 1. The van der Waals surface area contributed by atoms with E-state index in [0.717, 1.165) is 46.5 Å². The van der Waals surface area contributed by atoms with Crippen molar-refractivity contribution in [3.8, 4) is 0 Å². The van der Waals surface area contributed by atoms with Crippen molar-refractivity contribution in [1.29, 1.82) is 0 Å². The van der Waals surface area contributed by atoms with E-state index in [4.69, 9.17) is 0 Å². The number of H-pyrrole nitrogens is 1. The fourth-order valence-corrected chi connectivity index (χ4v) is 3.29. The summed E-state index contributed by atoms with van der Waals surface area (Å²) in [6.07, 6.45) is 0.810. The summed E-state index contributed by atoms with van der Waals surface area (Å²) in [6, 6.07) is 8.06. The molecule has 0 saturated heterocycles. The summed E-state index contributed by atoms with van der Waals surface area (Å²) in [7, 11) is 1.77. The van der Waals surface area contributed by atoms with Crippen LogP contribution in [0.5, 0.6) is 0 Å². The van der Waals surface area contributed by atoms with Crippen molar-refractivity contribution in [1.82, 2.24) is 25.6 Å². The number of aromatic amines is 1. The van der Waals surface area contributed by atoms with Gasteiger partial charge in [-0.2, -0.15) is 0 Å². The molecule has 2 heterocycles. The van der Waals surface area contributed by atoms with Gasteiger partial charge in [0.05, 0.1) is 23.3 Å². The maximum atomic E-state index is 4.58. The summed E-state index contributed by atoms with van der Waals surface area (Å²) < 4.78 is 0. The Morgan fingerprint density at radius 3 is 2.75 bits per heavy atom. The monoisotopic (exact) mass is 342 g/mol. The highest BCUT2D eigenvalue weighted by atomic mass is 32.1. The minimum Gasteiger partial charge on any atom is -0.356 e. The second kappa shape index (κ2) is 7.44. The minimum atomic E-state index is 0.684. The largest absolute Gasteiger partial charge is 0.356 e. The van der Waals surface area contributed by atoms with Crippen LogP contribution >= 0.6 is 11.3 Å². The van der Waals surface area contributed by atoms with Crippen molar-refractivity contribution in [2.45, 2.75) is 26.8 Å². The number of aromatic nitrogens is 3. The van der Waals surface area contributed by atoms with E-state index in [2.05, 4.69) is 37.5 Å². The lowest BCUT2D eigenvalue weighted by atomic mass is 10.3. The lowest BCUT2D eigenvalue weighted by molar-refractivity contribution is 0.774. The van der Waals surface area contributed by atoms with Gasteiger partial charge in [0.25, 0.3) is 0 Å². The number of para-hydroxylation sites is 2. The number of aryl methyl sites for hydroxylation is 2. The van der Waals surface area contributed by atoms with E-state index in [9.17, 15) is 0 Å². The Hall–Kier alpha value is -2.41. The van der Waals surface area contributed by atoms with Crippen LogP contribution in [0.3, 0.4) is 0 Å². The molecule has 0 aliphatic heterocycles. The summed E-state index contributed by atoms with van der Waals surface area (Å²) in [6.45, 7) is 5.58. The van der Waals surface area contributed by atoms with E-state index in [1.807, 2.05) is 31.2 Å². The van der Waals surface area contributed by atoms with Crippen LogP contribution in [0.15, 0.2) is 29.3 Å². The topological polar surface area (TPSA) is 78.0 Å². The standard InChI is InChI=1S/C17H22N6S/c1-11-12(2)24-16(21-11)10-20-17(18-3)19-9-8-15-22-13-6-4-5-7-14(13)23-15/h4-7H,8-10H2,1-3H3,(H,22,23)(H2,18,19,20). The molecule has 0 radical (unpaired) electrons. The smallest absolute Gasteiger partial charge is 0.191 e. The fraction of sp³-hybridized carbons (Fsp3) is 0.353. The third-order valence-corrected chi connectivity index (χ3v) is 4.87. The van der Waals surface area contributed by atoms with Gasteiger partial charge >= 0.3 is 0 Å². The molecule has 24 heavy (non-hydrogen) atoms. The molecule has 0 spiro atoms. The van der Waals surface area contributed by atoms with E-state index in [-0.39, 0.29) is 0 Å². The summed E-state index contributed by atoms with van der Waals surface area (Å²) in [5, 5.41) is 7.68. The lowest BCUT2D eigenvalue weighted by Crippen LogP contribution is -2.37. The molecule has 3 N–H and O–H groups in total. The van der Waals surface area contributed by atoms with E-state index < -0.39 is 0 Å². The van der Waals surface area contributed by atoms with Gasteiger partial charge in [-0.1, -0.05) is 12.1 Å². The number of imidazole rings is 1. The zero-order chi connectivity index (χ0) is 16.9. The average Bonchev–Trinajstić information content (AvgIpc) is 3.13. The van der Waals surface area contributed by atoms with Crippen LogP contribution in [0.25, 0.3) is 11.0 Å². The Labute approximate surface area is 145 Å². The van der Waals surface area contributed by atoms with E-state index in [1.165, 1.54) is 4.88 Å². The van der Waals surface area contributed by atoms with Crippen LogP contribution in [0.1, 0.15) is 21.4 Å². The molecule has 0 aliphatic rings. The van der Waals surface area contributed by atoms with Gasteiger partial charge in [-0.05, 0) is 26.0 Å². The van der Waals surface area contributed by atoms with E-state index in [0.29, 0.717) is 6.54 Å². The first-order chi connectivity index (χ1) is 11.7. The Morgan fingerprint density at radius 1 is 1.21 bits per heavy atom. The highest BCUT2D eigenvalue weighted by Gasteiger charge is 2.06. The number of thiazole rings is 1. The molecular formula is C17H22N6S. The molecule has 3 rings (SSSR count). The van der Waals surface area contributed by atoms with Gasteiger partial charge in [0, 0.05) is 24.9 Å². The van der Waals surface area contributed by atoms with Gasteiger partial charge in [-0.25, -0.2) is 9.97 Å². The molecule has 1 aromatic carbocycles. The number of rotatable bonds is 5. The van der Waals surface area contributed by atoms with E-state index in [1.54, 1.807) is 18.4 Å². The maximum Gasteiger partial charge on any atom is 0.191 e. The molecule has 2 aromatic heterocycles.